The summed E-state index contributed by atoms with van der Waals surface area (Å²) < 4.78 is 10.8. The van der Waals surface area contributed by atoms with E-state index in [1.165, 1.54) is 18.2 Å². The van der Waals surface area contributed by atoms with Crippen LogP contribution in [0.25, 0.3) is 0 Å². The molecule has 0 aliphatic carbocycles. The zero-order valence-corrected chi connectivity index (χ0v) is 14.8. The predicted molar refractivity (Wildman–Crippen MR) is 97.0 cm³/mol. The fourth-order valence-corrected chi connectivity index (χ4v) is 2.11. The fraction of sp³-hybridized carbons (Fsp3) is 0.278. The van der Waals surface area contributed by atoms with Crippen molar-refractivity contribution in [2.75, 3.05) is 20.7 Å². The molecular weight excluding hydrogens is 338 g/mol. The van der Waals surface area contributed by atoms with Gasteiger partial charge in [0.1, 0.15) is 17.2 Å². The summed E-state index contributed by atoms with van der Waals surface area (Å²) in [5.74, 6) is 0.937. The molecule has 0 aliphatic heterocycles. The van der Waals surface area contributed by atoms with Crippen molar-refractivity contribution in [3.8, 4) is 17.2 Å². The number of likely N-dealkylation sites (N-methyl/N-ethyl adjacent to an activating group) is 1. The normalized spacial score (nSPS) is 11.5. The van der Waals surface area contributed by atoms with Crippen molar-refractivity contribution >= 4 is 11.6 Å². The minimum absolute atomic E-state index is 0.0589. The second-order valence-electron chi connectivity index (χ2n) is 5.61. The lowest BCUT2D eigenvalue weighted by atomic mass is 10.1. The van der Waals surface area contributed by atoms with Gasteiger partial charge in [0.05, 0.1) is 17.6 Å². The Hall–Kier alpha value is -3.13. The van der Waals surface area contributed by atoms with Gasteiger partial charge in [0.25, 0.3) is 11.6 Å². The number of ether oxygens (including phenoxy) is 2. The second-order valence-corrected chi connectivity index (χ2v) is 5.61. The largest absolute Gasteiger partial charge is 0.497 e. The topological polar surface area (TPSA) is 103 Å². The lowest BCUT2D eigenvalue weighted by molar-refractivity contribution is -0.384. The number of hydrogen-bond donors (Lipinski definition) is 2. The SMILES string of the molecule is CNC(C)CNC(=O)c1cc([N+](=O)[O-])ccc1Oc1ccc(OC)cc1. The first-order chi connectivity index (χ1) is 12.4. The molecule has 0 radical (unpaired) electrons. The number of nitro groups is 1. The van der Waals surface area contributed by atoms with Crippen molar-refractivity contribution in [3.63, 3.8) is 0 Å². The number of nitro benzene ring substituents is 1. The Labute approximate surface area is 151 Å². The van der Waals surface area contributed by atoms with Gasteiger partial charge in [0.15, 0.2) is 0 Å². The molecule has 0 spiro atoms. The van der Waals surface area contributed by atoms with E-state index in [4.69, 9.17) is 9.47 Å². The number of hydrogen-bond acceptors (Lipinski definition) is 6. The van der Waals surface area contributed by atoms with E-state index in [-0.39, 0.29) is 23.0 Å². The third-order valence-corrected chi connectivity index (χ3v) is 3.77. The average Bonchev–Trinajstić information content (AvgIpc) is 2.66. The number of amides is 1. The molecule has 1 unspecified atom stereocenters. The van der Waals surface area contributed by atoms with Gasteiger partial charge >= 0.3 is 0 Å². The molecule has 0 aromatic heterocycles. The highest BCUT2D eigenvalue weighted by atomic mass is 16.6. The Kier molecular flexibility index (Phi) is 6.51. The zero-order chi connectivity index (χ0) is 19.1. The molecular formula is C18H21N3O5. The first-order valence-electron chi connectivity index (χ1n) is 8.00. The highest BCUT2D eigenvalue weighted by molar-refractivity contribution is 5.97. The van der Waals surface area contributed by atoms with Gasteiger partial charge < -0.3 is 20.1 Å². The number of carbonyl (C=O) groups excluding carboxylic acids is 1. The minimum Gasteiger partial charge on any atom is -0.497 e. The van der Waals surface area contributed by atoms with Crippen LogP contribution in [-0.2, 0) is 0 Å². The fourth-order valence-electron chi connectivity index (χ4n) is 2.11. The number of nitrogens with one attached hydrogen (secondary N) is 2. The smallest absolute Gasteiger partial charge is 0.270 e. The molecule has 0 saturated carbocycles. The predicted octanol–water partition coefficient (Wildman–Crippen LogP) is 2.73. The second kappa shape index (κ2) is 8.82. The van der Waals surface area contributed by atoms with Crippen molar-refractivity contribution < 1.29 is 19.2 Å². The number of methoxy groups -OCH3 is 1. The highest BCUT2D eigenvalue weighted by Gasteiger charge is 2.19. The molecule has 138 valence electrons. The third kappa shape index (κ3) is 4.93. The Morgan fingerprint density at radius 1 is 1.19 bits per heavy atom. The van der Waals surface area contributed by atoms with Gasteiger partial charge in [-0.15, -0.1) is 0 Å². The van der Waals surface area contributed by atoms with Crippen LogP contribution in [0.3, 0.4) is 0 Å². The minimum atomic E-state index is -0.551. The van der Waals surface area contributed by atoms with E-state index in [1.54, 1.807) is 38.4 Å². The molecule has 2 N–H and O–H groups in total. The maximum absolute atomic E-state index is 12.5. The maximum Gasteiger partial charge on any atom is 0.270 e. The monoisotopic (exact) mass is 359 g/mol. The van der Waals surface area contributed by atoms with Crippen molar-refractivity contribution in [3.05, 3.63) is 58.1 Å². The van der Waals surface area contributed by atoms with Gasteiger partial charge in [0.2, 0.25) is 0 Å². The van der Waals surface area contributed by atoms with E-state index in [1.807, 2.05) is 6.92 Å². The molecule has 2 aromatic carbocycles. The van der Waals surface area contributed by atoms with Crippen LogP contribution in [0.2, 0.25) is 0 Å². The number of non-ortho nitro benzene ring substituents is 1. The summed E-state index contributed by atoms with van der Waals surface area (Å²) in [6, 6.07) is 10.8. The summed E-state index contributed by atoms with van der Waals surface area (Å²) >= 11 is 0. The summed E-state index contributed by atoms with van der Waals surface area (Å²) in [6.07, 6.45) is 0. The molecule has 0 heterocycles. The Balaban J connectivity index is 2.28. The highest BCUT2D eigenvalue weighted by Crippen LogP contribution is 2.29. The standard InChI is InChI=1S/C18H21N3O5/c1-12(19-2)11-20-18(22)16-10-13(21(23)24)4-9-17(16)26-15-7-5-14(25-3)6-8-15/h4-10,12,19H,11H2,1-3H3,(H,20,22). The molecule has 0 fully saturated rings. The molecule has 1 atom stereocenters. The van der Waals surface area contributed by atoms with Gasteiger partial charge in [-0.25, -0.2) is 0 Å². The molecule has 2 rings (SSSR count). The first kappa shape index (κ1) is 19.2. The number of benzene rings is 2. The molecule has 8 nitrogen and oxygen atoms in total. The van der Waals surface area contributed by atoms with Gasteiger partial charge in [-0.2, -0.15) is 0 Å². The van der Waals surface area contributed by atoms with Crippen LogP contribution in [-0.4, -0.2) is 37.6 Å². The van der Waals surface area contributed by atoms with Crippen LogP contribution in [0.4, 0.5) is 5.69 Å². The first-order valence-corrected chi connectivity index (χ1v) is 8.00. The van der Waals surface area contributed by atoms with Gasteiger partial charge in [-0.3, -0.25) is 14.9 Å². The van der Waals surface area contributed by atoms with Gasteiger partial charge in [-0.1, -0.05) is 0 Å². The van der Waals surface area contributed by atoms with Crippen LogP contribution in [0, 0.1) is 10.1 Å². The van der Waals surface area contributed by atoms with Crippen LogP contribution >= 0.6 is 0 Å². The molecule has 0 bridgehead atoms. The van der Waals surface area contributed by atoms with E-state index in [0.717, 1.165) is 0 Å². The summed E-state index contributed by atoms with van der Waals surface area (Å²) in [5.41, 5.74) is -0.0859. The van der Waals surface area contributed by atoms with Crippen LogP contribution in [0.5, 0.6) is 17.2 Å². The third-order valence-electron chi connectivity index (χ3n) is 3.77. The summed E-state index contributed by atoms with van der Waals surface area (Å²) in [4.78, 5) is 23.0. The quantitative estimate of drug-likeness (QED) is 0.555. The van der Waals surface area contributed by atoms with Crippen molar-refractivity contribution in [1.29, 1.82) is 0 Å². The van der Waals surface area contributed by atoms with Crippen LogP contribution in [0.15, 0.2) is 42.5 Å². The maximum atomic E-state index is 12.5. The van der Waals surface area contributed by atoms with Gasteiger partial charge in [0, 0.05) is 24.7 Å². The molecule has 8 heteroatoms. The molecule has 2 aromatic rings. The Morgan fingerprint density at radius 3 is 2.42 bits per heavy atom. The van der Waals surface area contributed by atoms with Crippen LogP contribution < -0.4 is 20.1 Å². The lowest BCUT2D eigenvalue weighted by Crippen LogP contribution is -2.37. The summed E-state index contributed by atoms with van der Waals surface area (Å²) in [6.45, 7) is 2.28. The lowest BCUT2D eigenvalue weighted by Gasteiger charge is -2.14. The van der Waals surface area contributed by atoms with Crippen molar-refractivity contribution in [2.24, 2.45) is 0 Å². The molecule has 0 saturated heterocycles. The Morgan fingerprint density at radius 2 is 1.85 bits per heavy atom. The van der Waals surface area contributed by atoms with E-state index in [0.29, 0.717) is 18.0 Å². The summed E-state index contributed by atoms with van der Waals surface area (Å²) in [7, 11) is 3.34. The molecule has 26 heavy (non-hydrogen) atoms. The zero-order valence-electron chi connectivity index (χ0n) is 14.8. The van der Waals surface area contributed by atoms with Crippen LogP contribution in [0.1, 0.15) is 17.3 Å². The summed E-state index contributed by atoms with van der Waals surface area (Å²) in [5, 5.41) is 16.8. The van der Waals surface area contributed by atoms with E-state index >= 15 is 0 Å². The molecule has 0 aliphatic rings. The van der Waals surface area contributed by atoms with E-state index < -0.39 is 10.8 Å². The molecule has 1 amide bonds. The van der Waals surface area contributed by atoms with E-state index in [2.05, 4.69) is 10.6 Å². The number of nitrogens with zero attached hydrogens (tertiary/aromatic N) is 1. The number of rotatable bonds is 8. The Bertz CT molecular complexity index is 777. The number of carbonyl (C=O) groups is 1. The average molecular weight is 359 g/mol. The van der Waals surface area contributed by atoms with Gasteiger partial charge in [-0.05, 0) is 44.3 Å². The van der Waals surface area contributed by atoms with Crippen molar-refractivity contribution in [1.82, 2.24) is 10.6 Å². The van der Waals surface area contributed by atoms with E-state index in [9.17, 15) is 14.9 Å². The van der Waals surface area contributed by atoms with Crippen molar-refractivity contribution in [2.45, 2.75) is 13.0 Å².